The molecule has 26 heavy (non-hydrogen) atoms. The van der Waals surface area contributed by atoms with Gasteiger partial charge in [0.05, 0.1) is 6.04 Å². The molecule has 11 heteroatoms. The van der Waals surface area contributed by atoms with Crippen molar-refractivity contribution in [2.24, 2.45) is 17.4 Å². The Labute approximate surface area is 150 Å². The van der Waals surface area contributed by atoms with E-state index >= 15 is 0 Å². The minimum absolute atomic E-state index is 0.107. The monoisotopic (exact) mass is 374 g/mol. The van der Waals surface area contributed by atoms with Crippen molar-refractivity contribution in [3.05, 3.63) is 0 Å². The van der Waals surface area contributed by atoms with Crippen molar-refractivity contribution in [1.82, 2.24) is 10.6 Å². The number of carboxylic acid groups (broad SMARTS) is 2. The maximum absolute atomic E-state index is 12.3. The lowest BCUT2D eigenvalue weighted by molar-refractivity contribution is -0.142. The van der Waals surface area contributed by atoms with E-state index in [2.05, 4.69) is 10.6 Å². The molecule has 3 atom stereocenters. The Bertz CT molecular complexity index is 550. The fourth-order valence-electron chi connectivity index (χ4n) is 2.01. The average molecular weight is 374 g/mol. The molecular weight excluding hydrogens is 348 g/mol. The quantitative estimate of drug-likeness (QED) is 0.228. The van der Waals surface area contributed by atoms with Gasteiger partial charge in [-0.25, -0.2) is 4.79 Å². The second kappa shape index (κ2) is 11.0. The summed E-state index contributed by atoms with van der Waals surface area (Å²) in [5.74, 6) is -5.02. The summed E-state index contributed by atoms with van der Waals surface area (Å²) >= 11 is 0. The van der Waals surface area contributed by atoms with Crippen LogP contribution in [0.4, 0.5) is 0 Å². The highest BCUT2D eigenvalue weighted by molar-refractivity contribution is 5.92. The molecule has 0 aliphatic heterocycles. The van der Waals surface area contributed by atoms with Crippen LogP contribution < -0.4 is 22.1 Å². The molecule has 8 N–H and O–H groups in total. The van der Waals surface area contributed by atoms with Crippen molar-refractivity contribution in [2.45, 2.75) is 57.7 Å². The molecule has 3 unspecified atom stereocenters. The number of nitrogens with one attached hydrogen (secondary N) is 2. The molecule has 0 aromatic rings. The second-order valence-corrected chi connectivity index (χ2v) is 6.17. The van der Waals surface area contributed by atoms with E-state index in [0.717, 1.165) is 0 Å². The van der Waals surface area contributed by atoms with E-state index in [4.69, 9.17) is 21.7 Å². The largest absolute Gasteiger partial charge is 0.481 e. The lowest BCUT2D eigenvalue weighted by atomic mass is 10.0. The minimum atomic E-state index is -1.34. The van der Waals surface area contributed by atoms with E-state index in [0.29, 0.717) is 0 Å². The summed E-state index contributed by atoms with van der Waals surface area (Å²) in [5.41, 5.74) is 10.6. The van der Waals surface area contributed by atoms with Crippen LogP contribution in [0.15, 0.2) is 0 Å². The number of aliphatic carboxylic acids is 2. The Morgan fingerprint density at radius 2 is 1.50 bits per heavy atom. The Balaban J connectivity index is 4.92. The molecule has 0 aliphatic carbocycles. The van der Waals surface area contributed by atoms with Gasteiger partial charge in [0.25, 0.3) is 0 Å². The van der Waals surface area contributed by atoms with Crippen LogP contribution in [0.5, 0.6) is 0 Å². The van der Waals surface area contributed by atoms with Gasteiger partial charge < -0.3 is 32.3 Å². The maximum Gasteiger partial charge on any atom is 0.326 e. The molecule has 0 aromatic heterocycles. The SMILES string of the molecule is CC(C)C(NC(=O)C(N)CCC(=O)O)C(=O)NC(CCC(N)=O)C(=O)O. The highest BCUT2D eigenvalue weighted by Gasteiger charge is 2.30. The van der Waals surface area contributed by atoms with Gasteiger partial charge in [-0.3, -0.25) is 19.2 Å². The van der Waals surface area contributed by atoms with E-state index < -0.39 is 53.7 Å². The van der Waals surface area contributed by atoms with Crippen LogP contribution in [0.2, 0.25) is 0 Å². The fraction of sp³-hybridized carbons (Fsp3) is 0.667. The molecular formula is C15H26N4O7. The molecule has 148 valence electrons. The molecule has 0 saturated heterocycles. The first-order valence-electron chi connectivity index (χ1n) is 8.04. The molecule has 0 spiro atoms. The van der Waals surface area contributed by atoms with E-state index in [-0.39, 0.29) is 25.7 Å². The topological polar surface area (TPSA) is 202 Å². The number of carbonyl (C=O) groups is 5. The third-order valence-electron chi connectivity index (χ3n) is 3.55. The summed E-state index contributed by atoms with van der Waals surface area (Å²) in [6, 6.07) is -3.53. The Morgan fingerprint density at radius 1 is 0.923 bits per heavy atom. The van der Waals surface area contributed by atoms with Crippen LogP contribution in [-0.2, 0) is 24.0 Å². The average Bonchev–Trinajstić information content (AvgIpc) is 2.52. The first kappa shape index (κ1) is 23.3. The highest BCUT2D eigenvalue weighted by Crippen LogP contribution is 2.06. The lowest BCUT2D eigenvalue weighted by Gasteiger charge is -2.25. The second-order valence-electron chi connectivity index (χ2n) is 6.17. The van der Waals surface area contributed by atoms with Gasteiger partial charge in [0.1, 0.15) is 12.1 Å². The number of amides is 3. The number of hydrogen-bond acceptors (Lipinski definition) is 6. The molecule has 0 bridgehead atoms. The summed E-state index contributed by atoms with van der Waals surface area (Å²) in [6.45, 7) is 3.26. The molecule has 3 amide bonds. The summed E-state index contributed by atoms with van der Waals surface area (Å²) in [4.78, 5) is 56.8. The van der Waals surface area contributed by atoms with Gasteiger partial charge in [0.2, 0.25) is 17.7 Å². The minimum Gasteiger partial charge on any atom is -0.481 e. The van der Waals surface area contributed by atoms with Gasteiger partial charge in [-0.05, 0) is 18.8 Å². The Morgan fingerprint density at radius 3 is 1.92 bits per heavy atom. The molecule has 0 aliphatic rings. The summed E-state index contributed by atoms with van der Waals surface area (Å²) in [6.07, 6.45) is -0.825. The molecule has 0 aromatic carbocycles. The van der Waals surface area contributed by atoms with Crippen LogP contribution >= 0.6 is 0 Å². The van der Waals surface area contributed by atoms with Crippen LogP contribution in [0.25, 0.3) is 0 Å². The van der Waals surface area contributed by atoms with E-state index in [1.54, 1.807) is 13.8 Å². The lowest BCUT2D eigenvalue weighted by Crippen LogP contribution is -2.56. The Hall–Kier alpha value is -2.69. The zero-order chi connectivity index (χ0) is 20.4. The maximum atomic E-state index is 12.3. The van der Waals surface area contributed by atoms with Crippen molar-refractivity contribution in [1.29, 1.82) is 0 Å². The van der Waals surface area contributed by atoms with E-state index in [9.17, 15) is 24.0 Å². The normalized spacial score (nSPS) is 14.2. The zero-order valence-electron chi connectivity index (χ0n) is 14.7. The molecule has 0 heterocycles. The van der Waals surface area contributed by atoms with Crippen LogP contribution in [0.3, 0.4) is 0 Å². The molecule has 0 saturated carbocycles. The summed E-state index contributed by atoms with van der Waals surface area (Å²) in [5, 5.41) is 22.4. The van der Waals surface area contributed by atoms with Crippen LogP contribution in [0, 0.1) is 5.92 Å². The van der Waals surface area contributed by atoms with Gasteiger partial charge in [0, 0.05) is 12.8 Å². The molecule has 0 fully saturated rings. The smallest absolute Gasteiger partial charge is 0.326 e. The summed E-state index contributed by atoms with van der Waals surface area (Å²) < 4.78 is 0. The third kappa shape index (κ3) is 8.97. The number of carboxylic acids is 2. The van der Waals surface area contributed by atoms with Gasteiger partial charge in [-0.1, -0.05) is 13.8 Å². The standard InChI is InChI=1S/C15H26N4O7/c1-7(2)12(19-13(23)8(16)3-6-11(21)22)14(24)18-9(15(25)26)4-5-10(17)20/h7-9,12H,3-6,16H2,1-2H3,(H2,17,20)(H,18,24)(H,19,23)(H,21,22)(H,25,26). The molecule has 0 radical (unpaired) electrons. The predicted octanol–water partition coefficient (Wildman–Crippen LogP) is -1.85. The predicted molar refractivity (Wildman–Crippen MR) is 89.6 cm³/mol. The van der Waals surface area contributed by atoms with Crippen molar-refractivity contribution in [3.8, 4) is 0 Å². The van der Waals surface area contributed by atoms with Crippen molar-refractivity contribution in [2.75, 3.05) is 0 Å². The van der Waals surface area contributed by atoms with Crippen LogP contribution in [0.1, 0.15) is 39.5 Å². The highest BCUT2D eigenvalue weighted by atomic mass is 16.4. The van der Waals surface area contributed by atoms with Crippen LogP contribution in [-0.4, -0.2) is 58.0 Å². The first-order valence-corrected chi connectivity index (χ1v) is 8.04. The van der Waals surface area contributed by atoms with Gasteiger partial charge >= 0.3 is 11.9 Å². The number of nitrogens with two attached hydrogens (primary N) is 2. The number of rotatable bonds is 12. The number of hydrogen-bond donors (Lipinski definition) is 6. The van der Waals surface area contributed by atoms with Gasteiger partial charge in [-0.2, -0.15) is 0 Å². The zero-order valence-corrected chi connectivity index (χ0v) is 14.7. The van der Waals surface area contributed by atoms with E-state index in [1.807, 2.05) is 0 Å². The first-order chi connectivity index (χ1) is 12.0. The van der Waals surface area contributed by atoms with Crippen molar-refractivity contribution >= 4 is 29.7 Å². The summed E-state index contributed by atoms with van der Waals surface area (Å²) in [7, 11) is 0. The Kier molecular flexibility index (Phi) is 9.89. The number of carbonyl (C=O) groups excluding carboxylic acids is 3. The molecule has 11 nitrogen and oxygen atoms in total. The number of primary amides is 1. The van der Waals surface area contributed by atoms with Crippen molar-refractivity contribution < 1.29 is 34.2 Å². The molecule has 0 rings (SSSR count). The van der Waals surface area contributed by atoms with Gasteiger partial charge in [-0.15, -0.1) is 0 Å². The van der Waals surface area contributed by atoms with E-state index in [1.165, 1.54) is 0 Å². The fourth-order valence-corrected chi connectivity index (χ4v) is 2.01. The van der Waals surface area contributed by atoms with Gasteiger partial charge in [0.15, 0.2) is 0 Å². The van der Waals surface area contributed by atoms with Crippen molar-refractivity contribution in [3.63, 3.8) is 0 Å². The third-order valence-corrected chi connectivity index (χ3v) is 3.55.